The summed E-state index contributed by atoms with van der Waals surface area (Å²) < 4.78 is 38.3. The predicted molar refractivity (Wildman–Crippen MR) is 95.2 cm³/mol. The highest BCUT2D eigenvalue weighted by Crippen LogP contribution is 2.30. The number of hydrogen-bond donors (Lipinski definition) is 2. The Bertz CT molecular complexity index is 929. The fourth-order valence-corrected chi connectivity index (χ4v) is 2.32. The van der Waals surface area contributed by atoms with Gasteiger partial charge >= 0.3 is 6.18 Å². The largest absolute Gasteiger partial charge is 0.416 e. The zero-order chi connectivity index (χ0) is 19.3. The molecule has 0 spiro atoms. The van der Waals surface area contributed by atoms with Crippen molar-refractivity contribution in [2.75, 3.05) is 10.6 Å². The second kappa shape index (κ2) is 7.86. The number of nitrogens with zero attached hydrogens (tertiary/aromatic N) is 2. The van der Waals surface area contributed by atoms with Crippen LogP contribution in [0.1, 0.15) is 21.6 Å². The molecule has 5 nitrogen and oxygen atoms in total. The molecule has 2 aromatic carbocycles. The van der Waals surface area contributed by atoms with Gasteiger partial charge in [-0.15, -0.1) is 0 Å². The average Bonchev–Trinajstić information content (AvgIpc) is 2.67. The molecule has 3 aromatic rings. The van der Waals surface area contributed by atoms with Crippen LogP contribution in [0.25, 0.3) is 0 Å². The van der Waals surface area contributed by atoms with Gasteiger partial charge in [0.25, 0.3) is 5.91 Å². The third kappa shape index (κ3) is 5.04. The molecule has 8 heteroatoms. The van der Waals surface area contributed by atoms with Gasteiger partial charge in [-0.1, -0.05) is 36.4 Å². The van der Waals surface area contributed by atoms with Crippen LogP contribution in [0.4, 0.5) is 24.8 Å². The minimum absolute atomic E-state index is 0.0345. The smallest absolute Gasteiger partial charge is 0.350 e. The van der Waals surface area contributed by atoms with Crippen LogP contribution < -0.4 is 10.6 Å². The molecule has 0 aliphatic heterocycles. The van der Waals surface area contributed by atoms with Crippen molar-refractivity contribution >= 4 is 17.5 Å². The summed E-state index contributed by atoms with van der Waals surface area (Å²) in [7, 11) is 0. The van der Waals surface area contributed by atoms with Crippen molar-refractivity contribution in [2.45, 2.75) is 12.7 Å². The highest BCUT2D eigenvalue weighted by molar-refractivity contribution is 6.03. The van der Waals surface area contributed by atoms with Crippen LogP contribution in [-0.2, 0) is 12.7 Å². The second-order valence-electron chi connectivity index (χ2n) is 5.64. The summed E-state index contributed by atoms with van der Waals surface area (Å²) in [4.78, 5) is 20.4. The first-order valence-corrected chi connectivity index (χ1v) is 8.01. The molecule has 0 saturated heterocycles. The van der Waals surface area contributed by atoms with E-state index < -0.39 is 17.6 Å². The fraction of sp³-hybridized carbons (Fsp3) is 0.105. The molecule has 0 bridgehead atoms. The van der Waals surface area contributed by atoms with Crippen molar-refractivity contribution in [1.82, 2.24) is 9.97 Å². The lowest BCUT2D eigenvalue weighted by Gasteiger charge is -2.10. The number of benzene rings is 2. The van der Waals surface area contributed by atoms with Crippen molar-refractivity contribution in [1.29, 1.82) is 0 Å². The van der Waals surface area contributed by atoms with Crippen molar-refractivity contribution in [3.8, 4) is 0 Å². The number of hydrogen-bond acceptors (Lipinski definition) is 4. The maximum atomic E-state index is 12.8. The summed E-state index contributed by atoms with van der Waals surface area (Å²) in [5.74, 6) is -0.380. The van der Waals surface area contributed by atoms with E-state index in [0.29, 0.717) is 6.54 Å². The molecule has 2 N–H and O–H groups in total. The van der Waals surface area contributed by atoms with E-state index >= 15 is 0 Å². The third-order valence-electron chi connectivity index (χ3n) is 3.63. The monoisotopic (exact) mass is 372 g/mol. The van der Waals surface area contributed by atoms with Crippen molar-refractivity contribution in [2.24, 2.45) is 0 Å². The lowest BCUT2D eigenvalue weighted by atomic mass is 10.2. The summed E-state index contributed by atoms with van der Waals surface area (Å²) in [6.45, 7) is 0.472. The molecule has 3 rings (SSSR count). The first kappa shape index (κ1) is 18.4. The summed E-state index contributed by atoms with van der Waals surface area (Å²) in [6.07, 6.45) is -3.08. The van der Waals surface area contributed by atoms with Gasteiger partial charge in [-0.05, 0) is 29.8 Å². The maximum Gasteiger partial charge on any atom is 0.416 e. The van der Waals surface area contributed by atoms with Gasteiger partial charge in [-0.25, -0.2) is 9.97 Å². The van der Waals surface area contributed by atoms with Gasteiger partial charge in [-0.2, -0.15) is 13.2 Å². The number of halogens is 3. The molecule has 138 valence electrons. The third-order valence-corrected chi connectivity index (χ3v) is 3.63. The van der Waals surface area contributed by atoms with Crippen molar-refractivity contribution in [3.63, 3.8) is 0 Å². The fourth-order valence-electron chi connectivity index (χ4n) is 2.32. The van der Waals surface area contributed by atoms with Gasteiger partial charge in [0, 0.05) is 18.4 Å². The van der Waals surface area contributed by atoms with E-state index in [1.54, 1.807) is 0 Å². The molecule has 0 atom stereocenters. The first-order valence-electron chi connectivity index (χ1n) is 8.01. The van der Waals surface area contributed by atoms with Gasteiger partial charge in [0.15, 0.2) is 0 Å². The van der Waals surface area contributed by atoms with Crippen LogP contribution in [0.2, 0.25) is 0 Å². The molecule has 0 radical (unpaired) electrons. The predicted octanol–water partition coefficient (Wildman–Crippen LogP) is 4.36. The van der Waals surface area contributed by atoms with Gasteiger partial charge in [0.05, 0.1) is 5.56 Å². The number of nitrogens with one attached hydrogen (secondary N) is 2. The number of rotatable bonds is 5. The quantitative estimate of drug-likeness (QED) is 0.698. The molecule has 27 heavy (non-hydrogen) atoms. The number of carbonyl (C=O) groups excluding carboxylic acids is 1. The van der Waals surface area contributed by atoms with Crippen LogP contribution in [0, 0.1) is 0 Å². The molecule has 0 fully saturated rings. The lowest BCUT2D eigenvalue weighted by Crippen LogP contribution is -2.16. The van der Waals surface area contributed by atoms with E-state index in [4.69, 9.17) is 0 Å². The van der Waals surface area contributed by atoms with E-state index in [9.17, 15) is 18.0 Å². The maximum absolute atomic E-state index is 12.8. The van der Waals surface area contributed by atoms with E-state index in [1.165, 1.54) is 24.4 Å². The summed E-state index contributed by atoms with van der Waals surface area (Å²) in [6, 6.07) is 15.4. The topological polar surface area (TPSA) is 66.9 Å². The van der Waals surface area contributed by atoms with Gasteiger partial charge < -0.3 is 10.6 Å². The Kier molecular flexibility index (Phi) is 5.35. The normalized spacial score (nSPS) is 11.1. The number of carbonyl (C=O) groups is 1. The Balaban J connectivity index is 1.68. The zero-order valence-electron chi connectivity index (χ0n) is 14.0. The minimum atomic E-state index is -4.48. The van der Waals surface area contributed by atoms with E-state index in [0.717, 1.165) is 17.7 Å². The van der Waals surface area contributed by atoms with Gasteiger partial charge in [0.2, 0.25) is 5.95 Å². The van der Waals surface area contributed by atoms with Crippen molar-refractivity contribution in [3.05, 3.63) is 83.7 Å². The number of anilines is 2. The summed E-state index contributed by atoms with van der Waals surface area (Å²) in [5, 5.41) is 5.41. The Morgan fingerprint density at radius 1 is 1.00 bits per heavy atom. The molecular weight excluding hydrogens is 357 g/mol. The molecule has 0 unspecified atom stereocenters. The average molecular weight is 372 g/mol. The van der Waals surface area contributed by atoms with Crippen molar-refractivity contribution < 1.29 is 18.0 Å². The van der Waals surface area contributed by atoms with Crippen LogP contribution in [0.15, 0.2) is 66.9 Å². The van der Waals surface area contributed by atoms with Crippen LogP contribution in [0.5, 0.6) is 0 Å². The number of alkyl halides is 3. The first-order chi connectivity index (χ1) is 12.9. The highest BCUT2D eigenvalue weighted by atomic mass is 19.4. The molecule has 0 aliphatic carbocycles. The van der Waals surface area contributed by atoms with E-state index in [1.807, 2.05) is 30.3 Å². The number of aromatic nitrogens is 2. The van der Waals surface area contributed by atoms with Crippen LogP contribution in [-0.4, -0.2) is 15.9 Å². The van der Waals surface area contributed by atoms with E-state index in [-0.39, 0.29) is 17.3 Å². The Labute approximate surface area is 153 Å². The van der Waals surface area contributed by atoms with Crippen LogP contribution >= 0.6 is 0 Å². The SMILES string of the molecule is O=C(Nc1cccc(C(F)(F)F)c1)c1ccnc(NCc2ccccc2)n1. The summed E-state index contributed by atoms with van der Waals surface area (Å²) >= 11 is 0. The summed E-state index contributed by atoms with van der Waals surface area (Å²) in [5.41, 5.74) is 0.248. The Morgan fingerprint density at radius 3 is 2.52 bits per heavy atom. The highest BCUT2D eigenvalue weighted by Gasteiger charge is 2.30. The molecule has 1 aromatic heterocycles. The molecule has 1 amide bonds. The van der Waals surface area contributed by atoms with E-state index in [2.05, 4.69) is 20.6 Å². The van der Waals surface area contributed by atoms with Gasteiger partial charge in [-0.3, -0.25) is 4.79 Å². The van der Waals surface area contributed by atoms with Gasteiger partial charge in [0.1, 0.15) is 5.69 Å². The lowest BCUT2D eigenvalue weighted by molar-refractivity contribution is -0.137. The minimum Gasteiger partial charge on any atom is -0.350 e. The Morgan fingerprint density at radius 2 is 1.78 bits per heavy atom. The second-order valence-corrected chi connectivity index (χ2v) is 5.64. The molecule has 0 saturated carbocycles. The van der Waals surface area contributed by atoms with Crippen LogP contribution in [0.3, 0.4) is 0 Å². The molecular formula is C19H15F3N4O. The standard InChI is InChI=1S/C19H15F3N4O/c20-19(21,22)14-7-4-8-15(11-14)25-17(27)16-9-10-23-18(26-16)24-12-13-5-2-1-3-6-13/h1-11H,12H2,(H,25,27)(H,23,24,26). The Hall–Kier alpha value is -3.42. The molecule has 1 heterocycles. The molecule has 0 aliphatic rings. The zero-order valence-corrected chi connectivity index (χ0v) is 14.0. The number of amides is 1.